The zero-order chi connectivity index (χ0) is 9.84. The molecule has 0 N–H and O–H groups in total. The molecule has 0 aliphatic heterocycles. The lowest BCUT2D eigenvalue weighted by Crippen LogP contribution is -2.00. The molecular formula is C9H12Cl2N2. The maximum atomic E-state index is 5.95. The van der Waals surface area contributed by atoms with Crippen LogP contribution < -0.4 is 0 Å². The van der Waals surface area contributed by atoms with Gasteiger partial charge in [0.05, 0.1) is 11.1 Å². The molecular weight excluding hydrogens is 207 g/mol. The van der Waals surface area contributed by atoms with E-state index < -0.39 is 0 Å². The number of nitrogens with zero attached hydrogens (tertiary/aromatic N) is 2. The Bertz CT molecular complexity index is 287. The first kappa shape index (κ1) is 10.7. The summed E-state index contributed by atoms with van der Waals surface area (Å²) in [5.74, 6) is 0. The van der Waals surface area contributed by atoms with Crippen LogP contribution in [-0.4, -0.2) is 10.2 Å². The van der Waals surface area contributed by atoms with E-state index in [1.807, 2.05) is 13.0 Å². The first-order chi connectivity index (χ1) is 6.15. The first-order valence-electron chi connectivity index (χ1n) is 4.31. The van der Waals surface area contributed by atoms with Crippen LogP contribution in [0.1, 0.15) is 36.9 Å². The third-order valence-corrected chi connectivity index (χ3v) is 2.16. The Kier molecular flexibility index (Phi) is 3.94. The van der Waals surface area contributed by atoms with Gasteiger partial charge in [0.2, 0.25) is 0 Å². The van der Waals surface area contributed by atoms with Crippen molar-refractivity contribution in [1.82, 2.24) is 10.2 Å². The van der Waals surface area contributed by atoms with Crippen molar-refractivity contribution in [3.05, 3.63) is 22.5 Å². The quantitative estimate of drug-likeness (QED) is 0.728. The van der Waals surface area contributed by atoms with Crippen LogP contribution in [0.2, 0.25) is 5.15 Å². The molecule has 0 amide bonds. The van der Waals surface area contributed by atoms with Crippen molar-refractivity contribution >= 4 is 23.2 Å². The second kappa shape index (κ2) is 4.77. The van der Waals surface area contributed by atoms with Gasteiger partial charge < -0.3 is 0 Å². The van der Waals surface area contributed by atoms with Gasteiger partial charge in [-0.2, -0.15) is 5.10 Å². The fourth-order valence-corrected chi connectivity index (χ4v) is 1.57. The molecule has 0 saturated carbocycles. The van der Waals surface area contributed by atoms with Crippen LogP contribution in [0.15, 0.2) is 6.07 Å². The number of aromatic nitrogens is 2. The van der Waals surface area contributed by atoms with E-state index in [1.165, 1.54) is 0 Å². The Morgan fingerprint density at radius 2 is 2.15 bits per heavy atom. The van der Waals surface area contributed by atoms with Gasteiger partial charge in [0.15, 0.2) is 5.15 Å². The fraction of sp³-hybridized carbons (Fsp3) is 0.556. The summed E-state index contributed by atoms with van der Waals surface area (Å²) >= 11 is 11.7. The van der Waals surface area contributed by atoms with Crippen molar-refractivity contribution in [2.75, 3.05) is 0 Å². The molecule has 1 aromatic heterocycles. The lowest BCUT2D eigenvalue weighted by molar-refractivity contribution is 0.825. The smallest absolute Gasteiger partial charge is 0.152 e. The Labute approximate surface area is 88.3 Å². The van der Waals surface area contributed by atoms with Crippen molar-refractivity contribution in [1.29, 1.82) is 0 Å². The van der Waals surface area contributed by atoms with E-state index in [1.54, 1.807) is 0 Å². The van der Waals surface area contributed by atoms with Gasteiger partial charge in [0.1, 0.15) is 0 Å². The highest BCUT2D eigenvalue weighted by Gasteiger charge is 2.10. The van der Waals surface area contributed by atoms with E-state index in [-0.39, 0.29) is 5.38 Å². The van der Waals surface area contributed by atoms with Crippen LogP contribution in [0.25, 0.3) is 0 Å². The molecule has 0 aliphatic rings. The van der Waals surface area contributed by atoms with Crippen LogP contribution in [-0.2, 0) is 6.42 Å². The van der Waals surface area contributed by atoms with E-state index >= 15 is 0 Å². The first-order valence-corrected chi connectivity index (χ1v) is 5.12. The summed E-state index contributed by atoms with van der Waals surface area (Å²) in [5.41, 5.74) is 1.94. The second-order valence-electron chi connectivity index (χ2n) is 2.94. The highest BCUT2D eigenvalue weighted by Crippen LogP contribution is 2.23. The molecule has 0 radical (unpaired) electrons. The molecule has 0 spiro atoms. The molecule has 1 aromatic rings. The standard InChI is InChI=1S/C9H12Cl2N2/c1-3-4-7-5-8(11)12-13-9(7)6(2)10/h5-6H,3-4H2,1-2H3. The van der Waals surface area contributed by atoms with E-state index in [4.69, 9.17) is 23.2 Å². The predicted molar refractivity (Wildman–Crippen MR) is 55.3 cm³/mol. The average Bonchev–Trinajstić information content (AvgIpc) is 2.04. The second-order valence-corrected chi connectivity index (χ2v) is 3.99. The normalized spacial score (nSPS) is 12.9. The number of alkyl halides is 1. The van der Waals surface area contributed by atoms with Gasteiger partial charge in [-0.15, -0.1) is 16.7 Å². The van der Waals surface area contributed by atoms with Gasteiger partial charge in [-0.25, -0.2) is 0 Å². The highest BCUT2D eigenvalue weighted by molar-refractivity contribution is 6.29. The number of halogens is 2. The zero-order valence-corrected chi connectivity index (χ0v) is 9.23. The molecule has 2 nitrogen and oxygen atoms in total. The van der Waals surface area contributed by atoms with Crippen LogP contribution >= 0.6 is 23.2 Å². The van der Waals surface area contributed by atoms with Crippen LogP contribution in [0, 0.1) is 0 Å². The monoisotopic (exact) mass is 218 g/mol. The number of hydrogen-bond donors (Lipinski definition) is 0. The third-order valence-electron chi connectivity index (χ3n) is 1.77. The SMILES string of the molecule is CCCc1cc(Cl)nnc1C(C)Cl. The van der Waals surface area contributed by atoms with E-state index in [2.05, 4.69) is 17.1 Å². The molecule has 1 heterocycles. The van der Waals surface area contributed by atoms with Gasteiger partial charge in [0.25, 0.3) is 0 Å². The third kappa shape index (κ3) is 2.82. The van der Waals surface area contributed by atoms with E-state index in [0.29, 0.717) is 5.15 Å². The molecule has 72 valence electrons. The molecule has 0 aliphatic carbocycles. The van der Waals surface area contributed by atoms with Gasteiger partial charge >= 0.3 is 0 Å². The minimum absolute atomic E-state index is 0.105. The van der Waals surface area contributed by atoms with Gasteiger partial charge in [-0.3, -0.25) is 0 Å². The summed E-state index contributed by atoms with van der Waals surface area (Å²) in [6, 6.07) is 1.84. The topological polar surface area (TPSA) is 25.8 Å². The Hall–Kier alpha value is -0.340. The molecule has 13 heavy (non-hydrogen) atoms. The molecule has 0 aromatic carbocycles. The molecule has 4 heteroatoms. The van der Waals surface area contributed by atoms with Gasteiger partial charge in [0, 0.05) is 0 Å². The van der Waals surface area contributed by atoms with Crippen molar-refractivity contribution in [3.63, 3.8) is 0 Å². The summed E-state index contributed by atoms with van der Waals surface area (Å²) in [5, 5.41) is 8.09. The molecule has 0 bridgehead atoms. The van der Waals surface area contributed by atoms with Crippen LogP contribution in [0.3, 0.4) is 0 Å². The number of aryl methyl sites for hydroxylation is 1. The van der Waals surface area contributed by atoms with Gasteiger partial charge in [-0.05, 0) is 25.0 Å². The van der Waals surface area contributed by atoms with Gasteiger partial charge in [-0.1, -0.05) is 24.9 Å². The summed E-state index contributed by atoms with van der Waals surface area (Å²) < 4.78 is 0. The molecule has 0 saturated heterocycles. The summed E-state index contributed by atoms with van der Waals surface area (Å²) in [4.78, 5) is 0. The van der Waals surface area contributed by atoms with Crippen molar-refractivity contribution in [2.45, 2.75) is 32.1 Å². The average molecular weight is 219 g/mol. The van der Waals surface area contributed by atoms with E-state index in [0.717, 1.165) is 24.1 Å². The minimum Gasteiger partial charge on any atom is -0.152 e. The Morgan fingerprint density at radius 1 is 1.46 bits per heavy atom. The summed E-state index contributed by atoms with van der Waals surface area (Å²) in [6.45, 7) is 4.00. The molecule has 1 rings (SSSR count). The highest BCUT2D eigenvalue weighted by atomic mass is 35.5. The maximum absolute atomic E-state index is 5.95. The molecule has 1 unspecified atom stereocenters. The van der Waals surface area contributed by atoms with E-state index in [9.17, 15) is 0 Å². The molecule has 1 atom stereocenters. The summed E-state index contributed by atoms with van der Waals surface area (Å²) in [7, 11) is 0. The number of hydrogen-bond acceptors (Lipinski definition) is 2. The van der Waals surface area contributed by atoms with Crippen LogP contribution in [0.5, 0.6) is 0 Å². The Morgan fingerprint density at radius 3 is 2.69 bits per heavy atom. The molecule has 0 fully saturated rings. The van der Waals surface area contributed by atoms with Crippen molar-refractivity contribution in [2.24, 2.45) is 0 Å². The maximum Gasteiger partial charge on any atom is 0.152 e. The van der Waals surface area contributed by atoms with Crippen LogP contribution in [0.4, 0.5) is 0 Å². The zero-order valence-electron chi connectivity index (χ0n) is 7.72. The number of rotatable bonds is 3. The van der Waals surface area contributed by atoms with Crippen molar-refractivity contribution < 1.29 is 0 Å². The Balaban J connectivity index is 3.03. The minimum atomic E-state index is -0.105. The lowest BCUT2D eigenvalue weighted by Gasteiger charge is -2.08. The van der Waals surface area contributed by atoms with Crippen molar-refractivity contribution in [3.8, 4) is 0 Å². The largest absolute Gasteiger partial charge is 0.152 e. The lowest BCUT2D eigenvalue weighted by atomic mass is 10.1. The summed E-state index contributed by atoms with van der Waals surface area (Å²) in [6.07, 6.45) is 2.00. The fourth-order valence-electron chi connectivity index (χ4n) is 1.22. The predicted octanol–water partition coefficient (Wildman–Crippen LogP) is 3.38.